The van der Waals surface area contributed by atoms with Crippen LogP contribution in [0.3, 0.4) is 0 Å². The van der Waals surface area contributed by atoms with E-state index in [1.807, 2.05) is 32.0 Å². The molecular weight excluding hydrogens is 382 g/mol. The minimum atomic E-state index is -0.292. The lowest BCUT2D eigenvalue weighted by Crippen LogP contribution is -2.20. The van der Waals surface area contributed by atoms with E-state index in [0.717, 1.165) is 11.4 Å². The molecule has 0 aliphatic heterocycles. The number of benzene rings is 2. The number of nitrogens with one attached hydrogen (secondary N) is 1. The molecule has 3 rings (SSSR count). The molecule has 0 bridgehead atoms. The Kier molecular flexibility index (Phi) is 7.00. The fourth-order valence-corrected chi connectivity index (χ4v) is 2.63. The van der Waals surface area contributed by atoms with Crippen molar-refractivity contribution in [3.63, 3.8) is 0 Å². The van der Waals surface area contributed by atoms with Gasteiger partial charge in [-0.05, 0) is 56.3 Å². The highest BCUT2D eigenvalue weighted by Crippen LogP contribution is 2.26. The second kappa shape index (κ2) is 10.1. The largest absolute Gasteiger partial charge is 0.486 e. The molecule has 7 nitrogen and oxygen atoms in total. The summed E-state index contributed by atoms with van der Waals surface area (Å²) in [5.41, 5.74) is 2.28. The lowest BCUT2D eigenvalue weighted by molar-refractivity contribution is -0.118. The zero-order chi connectivity index (χ0) is 21.3. The van der Waals surface area contributed by atoms with Crippen LogP contribution in [0.4, 0.5) is 5.69 Å². The number of rotatable bonds is 9. The molecule has 0 unspecified atom stereocenters. The van der Waals surface area contributed by atoms with Crippen LogP contribution in [0, 0.1) is 13.8 Å². The standard InChI is InChI=1S/C23H23N3O4/c1-4-13-28-20-7-5-6-8-21(20)29-15-22(27)26-18-9-11-19(12-10-18)30-23-24-16(2)14-17(3)25-23/h4-12,14H,1,13,15H2,2-3H3,(H,26,27). The molecule has 3 aromatic rings. The molecule has 154 valence electrons. The summed E-state index contributed by atoms with van der Waals surface area (Å²) in [6.45, 7) is 7.59. The number of carbonyl (C=O) groups excluding carboxylic acids is 1. The quantitative estimate of drug-likeness (QED) is 0.529. The molecule has 0 saturated heterocycles. The fraction of sp³-hybridized carbons (Fsp3) is 0.174. The third-order valence-corrected chi connectivity index (χ3v) is 3.87. The van der Waals surface area contributed by atoms with Gasteiger partial charge in [-0.25, -0.2) is 9.97 Å². The molecule has 7 heteroatoms. The summed E-state index contributed by atoms with van der Waals surface area (Å²) >= 11 is 0. The molecule has 1 aromatic heterocycles. The van der Waals surface area contributed by atoms with Crippen molar-refractivity contribution in [1.29, 1.82) is 0 Å². The van der Waals surface area contributed by atoms with Crippen molar-refractivity contribution < 1.29 is 19.0 Å². The molecular formula is C23H23N3O4. The molecule has 0 aliphatic rings. The van der Waals surface area contributed by atoms with Crippen molar-refractivity contribution >= 4 is 11.6 Å². The molecule has 30 heavy (non-hydrogen) atoms. The monoisotopic (exact) mass is 405 g/mol. The predicted octanol–water partition coefficient (Wildman–Crippen LogP) is 4.47. The smallest absolute Gasteiger partial charge is 0.322 e. The summed E-state index contributed by atoms with van der Waals surface area (Å²) < 4.78 is 16.8. The van der Waals surface area contributed by atoms with Gasteiger partial charge in [0.2, 0.25) is 0 Å². The van der Waals surface area contributed by atoms with Crippen LogP contribution >= 0.6 is 0 Å². The Labute approximate surface area is 175 Å². The highest BCUT2D eigenvalue weighted by atomic mass is 16.5. The third-order valence-electron chi connectivity index (χ3n) is 3.87. The highest BCUT2D eigenvalue weighted by molar-refractivity contribution is 5.91. The molecule has 0 radical (unpaired) electrons. The summed E-state index contributed by atoms with van der Waals surface area (Å²) in [7, 11) is 0. The first-order valence-corrected chi connectivity index (χ1v) is 9.39. The number of hydrogen-bond donors (Lipinski definition) is 1. The van der Waals surface area contributed by atoms with Crippen LogP contribution in [0.5, 0.6) is 23.3 Å². The number of para-hydroxylation sites is 2. The van der Waals surface area contributed by atoms with Crippen molar-refractivity contribution in [3.8, 4) is 23.3 Å². The van der Waals surface area contributed by atoms with Crippen molar-refractivity contribution in [2.75, 3.05) is 18.5 Å². The van der Waals surface area contributed by atoms with Crippen LogP contribution in [0.15, 0.2) is 67.3 Å². The normalized spacial score (nSPS) is 10.2. The van der Waals surface area contributed by atoms with E-state index >= 15 is 0 Å². The van der Waals surface area contributed by atoms with E-state index in [1.165, 1.54) is 0 Å². The molecule has 0 fully saturated rings. The van der Waals surface area contributed by atoms with Crippen molar-refractivity contribution in [2.24, 2.45) is 0 Å². The van der Waals surface area contributed by atoms with Gasteiger partial charge in [-0.2, -0.15) is 0 Å². The summed E-state index contributed by atoms with van der Waals surface area (Å²) in [4.78, 5) is 20.7. The topological polar surface area (TPSA) is 82.6 Å². The fourth-order valence-electron chi connectivity index (χ4n) is 2.63. The van der Waals surface area contributed by atoms with E-state index in [-0.39, 0.29) is 18.5 Å². The van der Waals surface area contributed by atoms with Gasteiger partial charge >= 0.3 is 6.01 Å². The second-order valence-electron chi connectivity index (χ2n) is 6.44. The summed E-state index contributed by atoms with van der Waals surface area (Å²) in [6.07, 6.45) is 1.64. The second-order valence-corrected chi connectivity index (χ2v) is 6.44. The molecule has 0 atom stereocenters. The molecule has 0 spiro atoms. The van der Waals surface area contributed by atoms with Crippen LogP contribution in [0.25, 0.3) is 0 Å². The van der Waals surface area contributed by atoms with Crippen molar-refractivity contribution in [1.82, 2.24) is 9.97 Å². The van der Waals surface area contributed by atoms with E-state index in [1.54, 1.807) is 42.5 Å². The lowest BCUT2D eigenvalue weighted by atomic mass is 10.3. The Balaban J connectivity index is 1.54. The summed E-state index contributed by atoms with van der Waals surface area (Å²) in [6, 6.07) is 16.2. The number of carbonyl (C=O) groups is 1. The number of amides is 1. The van der Waals surface area contributed by atoms with Gasteiger partial charge in [-0.1, -0.05) is 24.8 Å². The number of aromatic nitrogens is 2. The Bertz CT molecular complexity index is 999. The third kappa shape index (κ3) is 6.07. The predicted molar refractivity (Wildman–Crippen MR) is 114 cm³/mol. The van der Waals surface area contributed by atoms with E-state index in [0.29, 0.717) is 29.5 Å². The van der Waals surface area contributed by atoms with Gasteiger partial charge in [-0.15, -0.1) is 0 Å². The average molecular weight is 405 g/mol. The van der Waals surface area contributed by atoms with Gasteiger partial charge in [-0.3, -0.25) is 4.79 Å². The molecule has 2 aromatic carbocycles. The van der Waals surface area contributed by atoms with Crippen LogP contribution in [-0.2, 0) is 4.79 Å². The minimum Gasteiger partial charge on any atom is -0.486 e. The van der Waals surface area contributed by atoms with Crippen LogP contribution in [0.2, 0.25) is 0 Å². The molecule has 1 heterocycles. The Morgan fingerprint density at radius 2 is 1.63 bits per heavy atom. The summed E-state index contributed by atoms with van der Waals surface area (Å²) in [5, 5.41) is 2.78. The van der Waals surface area contributed by atoms with Gasteiger partial charge in [0, 0.05) is 17.1 Å². The van der Waals surface area contributed by atoms with Gasteiger partial charge in [0.15, 0.2) is 18.1 Å². The minimum absolute atomic E-state index is 0.150. The molecule has 1 N–H and O–H groups in total. The van der Waals surface area contributed by atoms with Crippen LogP contribution < -0.4 is 19.5 Å². The Hall–Kier alpha value is -3.87. The first-order chi connectivity index (χ1) is 14.5. The van der Waals surface area contributed by atoms with Gasteiger partial charge in [0.25, 0.3) is 5.91 Å². The number of nitrogens with zero attached hydrogens (tertiary/aromatic N) is 2. The maximum absolute atomic E-state index is 12.2. The number of hydrogen-bond acceptors (Lipinski definition) is 6. The van der Waals surface area contributed by atoms with Crippen molar-refractivity contribution in [3.05, 3.63) is 78.6 Å². The first-order valence-electron chi connectivity index (χ1n) is 9.39. The number of anilines is 1. The highest BCUT2D eigenvalue weighted by Gasteiger charge is 2.09. The van der Waals surface area contributed by atoms with Crippen LogP contribution in [-0.4, -0.2) is 29.1 Å². The zero-order valence-corrected chi connectivity index (χ0v) is 16.9. The lowest BCUT2D eigenvalue weighted by Gasteiger charge is -2.12. The van der Waals surface area contributed by atoms with Crippen molar-refractivity contribution in [2.45, 2.75) is 13.8 Å². The van der Waals surface area contributed by atoms with E-state index < -0.39 is 0 Å². The van der Waals surface area contributed by atoms with Crippen LogP contribution in [0.1, 0.15) is 11.4 Å². The van der Waals surface area contributed by atoms with E-state index in [4.69, 9.17) is 14.2 Å². The average Bonchev–Trinajstić information content (AvgIpc) is 2.72. The van der Waals surface area contributed by atoms with Gasteiger partial charge in [0.05, 0.1) is 0 Å². The Morgan fingerprint density at radius 1 is 1.00 bits per heavy atom. The van der Waals surface area contributed by atoms with Gasteiger partial charge < -0.3 is 19.5 Å². The molecule has 1 amide bonds. The first kappa shape index (κ1) is 20.9. The van der Waals surface area contributed by atoms with E-state index in [2.05, 4.69) is 21.9 Å². The Morgan fingerprint density at radius 3 is 2.27 bits per heavy atom. The molecule has 0 saturated carbocycles. The maximum Gasteiger partial charge on any atom is 0.322 e. The SMILES string of the molecule is C=CCOc1ccccc1OCC(=O)Nc1ccc(Oc2nc(C)cc(C)n2)cc1. The van der Waals surface area contributed by atoms with Gasteiger partial charge in [0.1, 0.15) is 12.4 Å². The zero-order valence-electron chi connectivity index (χ0n) is 16.9. The summed E-state index contributed by atoms with van der Waals surface area (Å²) in [5.74, 6) is 1.33. The maximum atomic E-state index is 12.2. The number of aryl methyl sites for hydroxylation is 2. The molecule has 0 aliphatic carbocycles. The number of ether oxygens (including phenoxy) is 3. The van der Waals surface area contributed by atoms with E-state index in [9.17, 15) is 4.79 Å².